The third-order valence-corrected chi connectivity index (χ3v) is 1.97. The zero-order valence-corrected chi connectivity index (χ0v) is 8.80. The molecule has 0 amide bonds. The van der Waals surface area contributed by atoms with Gasteiger partial charge in [-0.25, -0.2) is 13.8 Å². The maximum Gasteiger partial charge on any atom is 0.573 e. The average Bonchev–Trinajstić information content (AvgIpc) is 2.17. The van der Waals surface area contributed by atoms with Crippen molar-refractivity contribution in [2.45, 2.75) is 12.8 Å². The van der Waals surface area contributed by atoms with Gasteiger partial charge in [0.1, 0.15) is 6.20 Å². The molecule has 0 saturated heterocycles. The molecular weight excluding hydrogens is 291 g/mol. The molecule has 0 spiro atoms. The predicted octanol–water partition coefficient (Wildman–Crippen LogP) is 3.48. The van der Waals surface area contributed by atoms with Crippen molar-refractivity contribution in [2.75, 3.05) is 0 Å². The number of rotatable bonds is 3. The Kier molecular flexibility index (Phi) is 3.89. The molecule has 0 fully saturated rings. The lowest BCUT2D eigenvalue weighted by atomic mass is 10.3. The van der Waals surface area contributed by atoms with Gasteiger partial charge in [0.15, 0.2) is 16.5 Å². The Bertz CT molecular complexity index is 479. The van der Waals surface area contributed by atoms with Gasteiger partial charge in [-0.3, -0.25) is 10.1 Å². The highest BCUT2D eigenvalue weighted by Gasteiger charge is 2.37. The van der Waals surface area contributed by atoms with E-state index in [1.165, 1.54) is 0 Å². The summed E-state index contributed by atoms with van der Waals surface area (Å²) in [6.07, 6.45) is -8.43. The topological polar surface area (TPSA) is 65.3 Å². The largest absolute Gasteiger partial charge is 0.573 e. The number of hydrogen-bond acceptors (Lipinski definition) is 4. The van der Waals surface area contributed by atoms with Crippen molar-refractivity contribution in [1.29, 1.82) is 0 Å². The second-order valence-electron chi connectivity index (χ2n) is 2.78. The first-order valence-corrected chi connectivity index (χ1v) is 4.38. The number of pyridine rings is 1. The van der Waals surface area contributed by atoms with Crippen LogP contribution in [0.15, 0.2) is 6.20 Å². The summed E-state index contributed by atoms with van der Waals surface area (Å²) in [6, 6.07) is 0. The van der Waals surface area contributed by atoms with Crippen LogP contribution in [-0.2, 0) is 0 Å². The molecule has 1 aromatic heterocycles. The summed E-state index contributed by atoms with van der Waals surface area (Å²) in [7, 11) is 0. The van der Waals surface area contributed by atoms with E-state index in [-0.39, 0.29) is 0 Å². The van der Waals surface area contributed by atoms with E-state index in [0.29, 0.717) is 6.20 Å². The van der Waals surface area contributed by atoms with E-state index in [2.05, 4.69) is 9.72 Å². The second kappa shape index (κ2) is 4.88. The zero-order chi connectivity index (χ0) is 14.1. The number of alkyl halides is 5. The van der Waals surface area contributed by atoms with Crippen LogP contribution in [-0.4, -0.2) is 16.3 Å². The fourth-order valence-electron chi connectivity index (χ4n) is 0.970. The van der Waals surface area contributed by atoms with Crippen LogP contribution in [0.4, 0.5) is 27.6 Å². The average molecular weight is 293 g/mol. The van der Waals surface area contributed by atoms with E-state index in [1.54, 1.807) is 0 Å². The van der Waals surface area contributed by atoms with E-state index < -0.39 is 39.9 Å². The molecule has 0 aliphatic heterocycles. The molecule has 0 atom stereocenters. The van der Waals surface area contributed by atoms with Crippen LogP contribution in [0.3, 0.4) is 0 Å². The lowest BCUT2D eigenvalue weighted by Gasteiger charge is -2.13. The van der Waals surface area contributed by atoms with E-state index >= 15 is 0 Å². The van der Waals surface area contributed by atoms with Crippen LogP contribution in [0.1, 0.15) is 12.1 Å². The Morgan fingerprint density at radius 3 is 2.39 bits per heavy atom. The third kappa shape index (κ3) is 3.15. The minimum atomic E-state index is -5.33. The molecule has 0 N–H and O–H groups in total. The van der Waals surface area contributed by atoms with Crippen LogP contribution in [0, 0.1) is 10.1 Å². The summed E-state index contributed by atoms with van der Waals surface area (Å²) in [5, 5.41) is 9.19. The van der Waals surface area contributed by atoms with Gasteiger partial charge in [-0.15, -0.1) is 13.2 Å². The molecule has 0 saturated carbocycles. The fraction of sp³-hybridized carbons (Fsp3) is 0.286. The standard InChI is InChI=1S/C7H2ClF5N2O3/c8-3-2(15(16)17)1-14-4(6(9)10)5(3)18-7(11,12)13/h1,6H. The molecular formula is C7H2ClF5N2O3. The SMILES string of the molecule is O=[N+]([O-])c1cnc(C(F)F)c(OC(F)(F)F)c1Cl. The van der Waals surface area contributed by atoms with Crippen molar-refractivity contribution < 1.29 is 31.6 Å². The summed E-state index contributed by atoms with van der Waals surface area (Å²) in [5.41, 5.74) is -2.50. The smallest absolute Gasteiger partial charge is 0.402 e. The molecule has 0 aromatic carbocycles. The van der Waals surface area contributed by atoms with Gasteiger partial charge >= 0.3 is 12.0 Å². The Hall–Kier alpha value is -1.71. The van der Waals surface area contributed by atoms with Crippen molar-refractivity contribution in [3.63, 3.8) is 0 Å². The Balaban J connectivity index is 3.41. The molecule has 0 bridgehead atoms. The monoisotopic (exact) mass is 292 g/mol. The molecule has 18 heavy (non-hydrogen) atoms. The first kappa shape index (κ1) is 14.4. The van der Waals surface area contributed by atoms with E-state index in [0.717, 1.165) is 0 Å². The minimum Gasteiger partial charge on any atom is -0.402 e. The van der Waals surface area contributed by atoms with Crippen LogP contribution < -0.4 is 4.74 Å². The maximum absolute atomic E-state index is 12.4. The molecule has 11 heteroatoms. The molecule has 5 nitrogen and oxygen atoms in total. The number of nitrogens with zero attached hydrogens (tertiary/aromatic N) is 2. The van der Waals surface area contributed by atoms with Gasteiger partial charge < -0.3 is 4.74 Å². The lowest BCUT2D eigenvalue weighted by Crippen LogP contribution is -2.19. The van der Waals surface area contributed by atoms with Gasteiger partial charge in [-0.1, -0.05) is 11.6 Å². The summed E-state index contributed by atoms with van der Waals surface area (Å²) >= 11 is 5.22. The van der Waals surface area contributed by atoms with E-state index in [4.69, 9.17) is 11.6 Å². The highest BCUT2D eigenvalue weighted by Crippen LogP contribution is 2.41. The van der Waals surface area contributed by atoms with Crippen LogP contribution in [0.5, 0.6) is 5.75 Å². The summed E-state index contributed by atoms with van der Waals surface area (Å²) in [5.74, 6) is -1.58. The predicted molar refractivity (Wildman–Crippen MR) is 47.5 cm³/mol. The minimum absolute atomic E-state index is 0.326. The van der Waals surface area contributed by atoms with Gasteiger partial charge in [0.25, 0.3) is 6.43 Å². The fourth-order valence-corrected chi connectivity index (χ4v) is 1.22. The van der Waals surface area contributed by atoms with Crippen molar-refractivity contribution >= 4 is 17.3 Å². The lowest BCUT2D eigenvalue weighted by molar-refractivity contribution is -0.385. The van der Waals surface area contributed by atoms with Crippen molar-refractivity contribution in [3.8, 4) is 5.75 Å². The molecule has 100 valence electrons. The molecule has 1 rings (SSSR count). The molecule has 0 unspecified atom stereocenters. The van der Waals surface area contributed by atoms with Gasteiger partial charge in [0.05, 0.1) is 4.92 Å². The van der Waals surface area contributed by atoms with Crippen LogP contribution >= 0.6 is 11.6 Å². The number of ether oxygens (including phenoxy) is 1. The first-order valence-electron chi connectivity index (χ1n) is 4.00. The Labute approximate surface area is 100 Å². The van der Waals surface area contributed by atoms with Crippen LogP contribution in [0.25, 0.3) is 0 Å². The van der Waals surface area contributed by atoms with Gasteiger partial charge in [0, 0.05) is 0 Å². The molecule has 0 aliphatic carbocycles. The number of nitro groups is 1. The number of hydrogen-bond donors (Lipinski definition) is 0. The molecule has 1 aromatic rings. The molecule has 0 radical (unpaired) electrons. The van der Waals surface area contributed by atoms with Crippen molar-refractivity contribution in [2.24, 2.45) is 0 Å². The first-order chi connectivity index (χ1) is 8.13. The third-order valence-electron chi connectivity index (χ3n) is 1.60. The highest BCUT2D eigenvalue weighted by atomic mass is 35.5. The normalized spacial score (nSPS) is 11.7. The van der Waals surface area contributed by atoms with Gasteiger partial charge in [0.2, 0.25) is 0 Å². The summed E-state index contributed by atoms with van der Waals surface area (Å²) in [4.78, 5) is 12.0. The van der Waals surface area contributed by atoms with Gasteiger partial charge in [-0.05, 0) is 0 Å². The summed E-state index contributed by atoms with van der Waals surface area (Å²) in [6.45, 7) is 0. The summed E-state index contributed by atoms with van der Waals surface area (Å²) < 4.78 is 63.9. The molecule has 0 aliphatic rings. The Morgan fingerprint density at radius 1 is 1.44 bits per heavy atom. The quantitative estimate of drug-likeness (QED) is 0.486. The van der Waals surface area contributed by atoms with E-state index in [9.17, 15) is 32.1 Å². The van der Waals surface area contributed by atoms with E-state index in [1.807, 2.05) is 0 Å². The zero-order valence-electron chi connectivity index (χ0n) is 8.04. The highest BCUT2D eigenvalue weighted by molar-refractivity contribution is 6.34. The van der Waals surface area contributed by atoms with Crippen LogP contribution in [0.2, 0.25) is 5.02 Å². The second-order valence-corrected chi connectivity index (χ2v) is 3.16. The molecule has 1 heterocycles. The Morgan fingerprint density at radius 2 is 2.00 bits per heavy atom. The van der Waals surface area contributed by atoms with Crippen molar-refractivity contribution in [3.05, 3.63) is 27.0 Å². The number of halogens is 6. The van der Waals surface area contributed by atoms with Gasteiger partial charge in [-0.2, -0.15) is 0 Å². The van der Waals surface area contributed by atoms with Crippen molar-refractivity contribution in [1.82, 2.24) is 4.98 Å². The number of aromatic nitrogens is 1. The maximum atomic E-state index is 12.4.